The largest absolute Gasteiger partial charge is 0.468 e. The standard InChI is InChI=1S/C21H23NO5/c1-13-16-10-21(19(24)26-3,20(25)27-4)11-17(16)14(2)22(18(13)23)12-15-8-6-5-7-9-15/h5-9H,10-12H2,1-4H3. The minimum atomic E-state index is -1.43. The van der Waals surface area contributed by atoms with Crippen molar-refractivity contribution in [2.75, 3.05) is 14.2 Å². The van der Waals surface area contributed by atoms with E-state index >= 15 is 0 Å². The fourth-order valence-corrected chi connectivity index (χ4v) is 3.95. The van der Waals surface area contributed by atoms with Crippen molar-refractivity contribution >= 4 is 11.9 Å². The van der Waals surface area contributed by atoms with Crippen LogP contribution in [0.25, 0.3) is 0 Å². The van der Waals surface area contributed by atoms with Gasteiger partial charge >= 0.3 is 11.9 Å². The van der Waals surface area contributed by atoms with Gasteiger partial charge in [0.1, 0.15) is 0 Å². The lowest BCUT2D eigenvalue weighted by Gasteiger charge is -2.22. The predicted octanol–water partition coefficient (Wildman–Crippen LogP) is 1.94. The van der Waals surface area contributed by atoms with E-state index in [4.69, 9.17) is 9.47 Å². The molecule has 3 rings (SSSR count). The van der Waals surface area contributed by atoms with Gasteiger partial charge in [-0.25, -0.2) is 0 Å². The summed E-state index contributed by atoms with van der Waals surface area (Å²) in [4.78, 5) is 37.9. The molecule has 1 aromatic carbocycles. The number of hydrogen-bond acceptors (Lipinski definition) is 5. The van der Waals surface area contributed by atoms with E-state index in [2.05, 4.69) is 0 Å². The second-order valence-electron chi connectivity index (χ2n) is 6.96. The number of rotatable bonds is 4. The quantitative estimate of drug-likeness (QED) is 0.608. The molecule has 6 heteroatoms. The molecule has 2 aromatic rings. The highest BCUT2D eigenvalue weighted by Crippen LogP contribution is 2.41. The molecule has 0 bridgehead atoms. The second-order valence-corrected chi connectivity index (χ2v) is 6.96. The van der Waals surface area contributed by atoms with Gasteiger partial charge in [-0.3, -0.25) is 14.4 Å². The third-order valence-corrected chi connectivity index (χ3v) is 5.52. The minimum absolute atomic E-state index is 0.111. The lowest BCUT2D eigenvalue weighted by atomic mass is 9.84. The van der Waals surface area contributed by atoms with Gasteiger partial charge < -0.3 is 14.0 Å². The van der Waals surface area contributed by atoms with Crippen LogP contribution in [0.2, 0.25) is 0 Å². The Morgan fingerprint density at radius 1 is 1.00 bits per heavy atom. The summed E-state index contributed by atoms with van der Waals surface area (Å²) in [5, 5.41) is 0. The number of hydrogen-bond donors (Lipinski definition) is 0. The normalized spacial score (nSPS) is 14.5. The second kappa shape index (κ2) is 7.02. The Morgan fingerprint density at radius 3 is 2.11 bits per heavy atom. The zero-order valence-electron chi connectivity index (χ0n) is 16.0. The van der Waals surface area contributed by atoms with Crippen LogP contribution in [-0.4, -0.2) is 30.7 Å². The summed E-state index contributed by atoms with van der Waals surface area (Å²) in [5.41, 5.74) is 2.38. The van der Waals surface area contributed by atoms with Crippen LogP contribution in [0.15, 0.2) is 35.1 Å². The molecule has 6 nitrogen and oxygen atoms in total. The van der Waals surface area contributed by atoms with E-state index in [-0.39, 0.29) is 18.4 Å². The lowest BCUT2D eigenvalue weighted by molar-refractivity contribution is -0.168. The molecule has 0 saturated heterocycles. The summed E-state index contributed by atoms with van der Waals surface area (Å²) in [5.74, 6) is -1.27. The monoisotopic (exact) mass is 369 g/mol. The maximum atomic E-state index is 13.0. The van der Waals surface area contributed by atoms with Gasteiger partial charge in [0, 0.05) is 24.1 Å². The van der Waals surface area contributed by atoms with Crippen LogP contribution in [0.5, 0.6) is 0 Å². The van der Waals surface area contributed by atoms with Crippen LogP contribution in [-0.2, 0) is 38.4 Å². The van der Waals surface area contributed by atoms with Gasteiger partial charge in [-0.1, -0.05) is 30.3 Å². The van der Waals surface area contributed by atoms with Crippen molar-refractivity contribution < 1.29 is 19.1 Å². The van der Waals surface area contributed by atoms with Crippen molar-refractivity contribution in [1.29, 1.82) is 0 Å². The number of pyridine rings is 1. The first kappa shape index (κ1) is 18.9. The lowest BCUT2D eigenvalue weighted by Crippen LogP contribution is -2.42. The fourth-order valence-electron chi connectivity index (χ4n) is 3.95. The highest BCUT2D eigenvalue weighted by molar-refractivity contribution is 6.01. The molecule has 27 heavy (non-hydrogen) atoms. The molecule has 0 spiro atoms. The number of ether oxygens (including phenoxy) is 2. The smallest absolute Gasteiger partial charge is 0.323 e. The molecule has 1 aliphatic carbocycles. The number of nitrogens with zero attached hydrogens (tertiary/aromatic N) is 1. The third-order valence-electron chi connectivity index (χ3n) is 5.52. The van der Waals surface area contributed by atoms with Crippen LogP contribution in [0.3, 0.4) is 0 Å². The summed E-state index contributed by atoms with van der Waals surface area (Å²) < 4.78 is 11.5. The Labute approximate surface area is 157 Å². The maximum absolute atomic E-state index is 13.0. The Kier molecular flexibility index (Phi) is 4.91. The number of aromatic nitrogens is 1. The number of fused-ring (bicyclic) bond motifs is 1. The van der Waals surface area contributed by atoms with E-state index in [1.807, 2.05) is 37.3 Å². The Hall–Kier alpha value is -2.89. The van der Waals surface area contributed by atoms with Gasteiger partial charge in [-0.2, -0.15) is 0 Å². The van der Waals surface area contributed by atoms with E-state index in [1.165, 1.54) is 14.2 Å². The predicted molar refractivity (Wildman–Crippen MR) is 99.6 cm³/mol. The summed E-state index contributed by atoms with van der Waals surface area (Å²) in [7, 11) is 2.51. The van der Waals surface area contributed by atoms with Crippen LogP contribution in [0, 0.1) is 19.3 Å². The average Bonchev–Trinajstić information content (AvgIpc) is 3.11. The van der Waals surface area contributed by atoms with Crippen molar-refractivity contribution in [3.63, 3.8) is 0 Å². The molecule has 0 radical (unpaired) electrons. The first-order chi connectivity index (χ1) is 12.9. The number of methoxy groups -OCH3 is 2. The number of carbonyl (C=O) groups excluding carboxylic acids is 2. The summed E-state index contributed by atoms with van der Waals surface area (Å²) in [6.07, 6.45) is 0.291. The molecule has 1 aromatic heterocycles. The molecule has 0 saturated carbocycles. The Morgan fingerprint density at radius 2 is 1.56 bits per heavy atom. The van der Waals surface area contributed by atoms with Crippen molar-refractivity contribution in [3.05, 3.63) is 68.6 Å². The van der Waals surface area contributed by atoms with Crippen LogP contribution >= 0.6 is 0 Å². The molecule has 0 aliphatic heterocycles. The van der Waals surface area contributed by atoms with Gasteiger partial charge in [0.05, 0.1) is 20.8 Å². The van der Waals surface area contributed by atoms with Gasteiger partial charge in [0.15, 0.2) is 5.41 Å². The summed E-state index contributed by atoms with van der Waals surface area (Å²) in [6.45, 7) is 4.03. The fraction of sp³-hybridized carbons (Fsp3) is 0.381. The molecular weight excluding hydrogens is 346 g/mol. The van der Waals surface area contributed by atoms with E-state index in [0.29, 0.717) is 12.1 Å². The van der Waals surface area contributed by atoms with E-state index in [9.17, 15) is 14.4 Å². The Balaban J connectivity index is 2.13. The van der Waals surface area contributed by atoms with Gasteiger partial charge in [0.2, 0.25) is 0 Å². The highest BCUT2D eigenvalue weighted by Gasteiger charge is 2.53. The average molecular weight is 369 g/mol. The van der Waals surface area contributed by atoms with Gasteiger partial charge in [-0.15, -0.1) is 0 Å². The molecule has 142 valence electrons. The summed E-state index contributed by atoms with van der Waals surface area (Å²) in [6, 6.07) is 9.70. The third kappa shape index (κ3) is 2.95. The zero-order valence-corrected chi connectivity index (χ0v) is 16.0. The van der Waals surface area contributed by atoms with Crippen molar-refractivity contribution in [2.45, 2.75) is 33.2 Å². The first-order valence-corrected chi connectivity index (χ1v) is 8.78. The minimum Gasteiger partial charge on any atom is -0.468 e. The number of benzene rings is 1. The van der Waals surface area contributed by atoms with Crippen LogP contribution < -0.4 is 5.56 Å². The highest BCUT2D eigenvalue weighted by atomic mass is 16.5. The maximum Gasteiger partial charge on any atom is 0.323 e. The molecule has 0 atom stereocenters. The van der Waals surface area contributed by atoms with E-state index < -0.39 is 17.4 Å². The van der Waals surface area contributed by atoms with Crippen molar-refractivity contribution in [1.82, 2.24) is 4.57 Å². The molecular formula is C21H23NO5. The molecule has 1 aliphatic rings. The zero-order chi connectivity index (χ0) is 19.8. The molecule has 0 fully saturated rings. The van der Waals surface area contributed by atoms with E-state index in [0.717, 1.165) is 22.4 Å². The summed E-state index contributed by atoms with van der Waals surface area (Å²) >= 11 is 0. The van der Waals surface area contributed by atoms with Crippen molar-refractivity contribution in [2.24, 2.45) is 5.41 Å². The topological polar surface area (TPSA) is 74.6 Å². The van der Waals surface area contributed by atoms with E-state index in [1.54, 1.807) is 11.5 Å². The number of carbonyl (C=O) groups is 2. The molecule has 0 amide bonds. The van der Waals surface area contributed by atoms with Crippen LogP contribution in [0.1, 0.15) is 27.9 Å². The first-order valence-electron chi connectivity index (χ1n) is 8.78. The van der Waals surface area contributed by atoms with Gasteiger partial charge in [-0.05, 0) is 30.5 Å². The van der Waals surface area contributed by atoms with Crippen LogP contribution in [0.4, 0.5) is 0 Å². The molecule has 1 heterocycles. The number of esters is 2. The SMILES string of the molecule is COC(=O)C1(C(=O)OC)Cc2c(c(C)n(Cc3ccccc3)c(=O)c2C)C1. The Bertz CT molecular complexity index is 943. The van der Waals surface area contributed by atoms with Crippen molar-refractivity contribution in [3.8, 4) is 0 Å². The van der Waals surface area contributed by atoms with Gasteiger partial charge in [0.25, 0.3) is 5.56 Å². The molecule has 0 unspecified atom stereocenters. The molecule has 0 N–H and O–H groups in total.